The Kier molecular flexibility index (Phi) is 4.00. The number of benzene rings is 2. The van der Waals surface area contributed by atoms with Gasteiger partial charge in [0.25, 0.3) is 0 Å². The highest BCUT2D eigenvalue weighted by molar-refractivity contribution is 5.94. The third-order valence-electron chi connectivity index (χ3n) is 2.55. The quantitative estimate of drug-likeness (QED) is 0.687. The van der Waals surface area contributed by atoms with Crippen molar-refractivity contribution >= 4 is 12.1 Å². The molecule has 0 bridgehead atoms. The van der Waals surface area contributed by atoms with Crippen LogP contribution in [-0.4, -0.2) is 12.1 Å². The molecule has 102 valence electrons. The van der Waals surface area contributed by atoms with Crippen molar-refractivity contribution in [2.75, 3.05) is 0 Å². The minimum absolute atomic E-state index is 0.0668. The molecule has 2 aromatic carbocycles. The Morgan fingerprint density at radius 3 is 2.25 bits per heavy atom. The monoisotopic (exact) mass is 271 g/mol. The summed E-state index contributed by atoms with van der Waals surface area (Å²) >= 11 is 0. The summed E-state index contributed by atoms with van der Waals surface area (Å²) in [6, 6.07) is 13.3. The summed E-state index contributed by atoms with van der Waals surface area (Å²) in [6.07, 6.45) is -0.986. The lowest BCUT2D eigenvalue weighted by Crippen LogP contribution is -2.19. The molecule has 0 aromatic heterocycles. The second-order valence-corrected chi connectivity index (χ2v) is 4.12. The zero-order valence-electron chi connectivity index (χ0n) is 10.8. The van der Waals surface area contributed by atoms with Crippen molar-refractivity contribution < 1.29 is 19.1 Å². The zero-order valence-corrected chi connectivity index (χ0v) is 10.8. The van der Waals surface area contributed by atoms with Gasteiger partial charge in [-0.25, -0.2) is 9.59 Å². The molecule has 0 spiro atoms. The molecule has 0 saturated carbocycles. The van der Waals surface area contributed by atoms with Crippen LogP contribution in [0.4, 0.5) is 4.79 Å². The van der Waals surface area contributed by atoms with E-state index in [1.165, 1.54) is 12.1 Å². The van der Waals surface area contributed by atoms with Crippen LogP contribution >= 0.6 is 0 Å². The first-order valence-corrected chi connectivity index (χ1v) is 5.91. The van der Waals surface area contributed by atoms with Crippen LogP contribution in [0.15, 0.2) is 48.5 Å². The van der Waals surface area contributed by atoms with Crippen molar-refractivity contribution in [3.63, 3.8) is 0 Å². The minimum Gasteiger partial charge on any atom is -0.423 e. The predicted octanol–water partition coefficient (Wildman–Crippen LogP) is 2.67. The number of esters is 1. The van der Waals surface area contributed by atoms with Crippen molar-refractivity contribution in [3.8, 4) is 11.5 Å². The highest BCUT2D eigenvalue weighted by atomic mass is 16.6. The van der Waals surface area contributed by atoms with Gasteiger partial charge in [0.05, 0.1) is 0 Å². The van der Waals surface area contributed by atoms with Crippen LogP contribution in [0, 0.1) is 6.92 Å². The van der Waals surface area contributed by atoms with E-state index in [-0.39, 0.29) is 11.3 Å². The van der Waals surface area contributed by atoms with E-state index < -0.39 is 12.1 Å². The maximum Gasteiger partial charge on any atom is 0.409 e. The smallest absolute Gasteiger partial charge is 0.409 e. The molecule has 1 amide bonds. The summed E-state index contributed by atoms with van der Waals surface area (Å²) in [5.74, 6) is -0.141. The van der Waals surface area contributed by atoms with Crippen molar-refractivity contribution in [1.29, 1.82) is 0 Å². The SMILES string of the molecule is Cc1ccc(OC(=O)c2ccccc2OC(N)=O)cc1. The van der Waals surface area contributed by atoms with Crippen LogP contribution in [0.1, 0.15) is 15.9 Å². The lowest BCUT2D eigenvalue weighted by atomic mass is 10.2. The standard InChI is InChI=1S/C15H13NO4/c1-10-6-8-11(9-7-10)19-14(17)12-4-2-3-5-13(12)20-15(16)18/h2-9H,1H3,(H2,16,18). The van der Waals surface area contributed by atoms with Gasteiger partial charge in [-0.15, -0.1) is 0 Å². The second-order valence-electron chi connectivity index (χ2n) is 4.12. The number of amides is 1. The van der Waals surface area contributed by atoms with E-state index in [0.717, 1.165) is 5.56 Å². The zero-order chi connectivity index (χ0) is 14.5. The maximum absolute atomic E-state index is 12.0. The van der Waals surface area contributed by atoms with Crippen molar-refractivity contribution in [1.82, 2.24) is 0 Å². The fourth-order valence-corrected chi connectivity index (χ4v) is 1.60. The Balaban J connectivity index is 2.20. The molecule has 0 aliphatic carbocycles. The van der Waals surface area contributed by atoms with Gasteiger partial charge in [0.2, 0.25) is 0 Å². The number of rotatable bonds is 3. The van der Waals surface area contributed by atoms with Gasteiger partial charge in [-0.3, -0.25) is 0 Å². The molecule has 0 aliphatic rings. The third kappa shape index (κ3) is 3.35. The van der Waals surface area contributed by atoms with Crippen molar-refractivity contribution in [2.45, 2.75) is 6.92 Å². The molecule has 0 atom stereocenters. The van der Waals surface area contributed by atoms with Crippen LogP contribution in [0.5, 0.6) is 11.5 Å². The minimum atomic E-state index is -0.986. The van der Waals surface area contributed by atoms with Crippen LogP contribution in [0.2, 0.25) is 0 Å². The molecule has 0 fully saturated rings. The lowest BCUT2D eigenvalue weighted by molar-refractivity contribution is 0.0732. The molecule has 0 unspecified atom stereocenters. The number of hydrogen-bond donors (Lipinski definition) is 1. The molecule has 2 N–H and O–H groups in total. The molecule has 5 heteroatoms. The van der Waals surface area contributed by atoms with E-state index >= 15 is 0 Å². The number of primary amides is 1. The van der Waals surface area contributed by atoms with Gasteiger partial charge in [-0.05, 0) is 31.2 Å². The topological polar surface area (TPSA) is 78.6 Å². The molecule has 0 radical (unpaired) electrons. The first kappa shape index (κ1) is 13.6. The normalized spacial score (nSPS) is 9.85. The summed E-state index contributed by atoms with van der Waals surface area (Å²) in [4.78, 5) is 22.8. The molecule has 0 heterocycles. The summed E-state index contributed by atoms with van der Waals surface area (Å²) < 4.78 is 9.97. The van der Waals surface area contributed by atoms with Crippen LogP contribution < -0.4 is 15.2 Å². The van der Waals surface area contributed by atoms with Gasteiger partial charge in [-0.1, -0.05) is 29.8 Å². The Morgan fingerprint density at radius 1 is 0.950 bits per heavy atom. The van der Waals surface area contributed by atoms with Crippen LogP contribution in [0.3, 0.4) is 0 Å². The van der Waals surface area contributed by atoms with Crippen LogP contribution in [-0.2, 0) is 0 Å². The van der Waals surface area contributed by atoms with E-state index in [0.29, 0.717) is 5.75 Å². The van der Waals surface area contributed by atoms with E-state index in [9.17, 15) is 9.59 Å². The van der Waals surface area contributed by atoms with Gasteiger partial charge >= 0.3 is 12.1 Å². The fourth-order valence-electron chi connectivity index (χ4n) is 1.60. The molecule has 20 heavy (non-hydrogen) atoms. The first-order chi connectivity index (χ1) is 9.56. The molecule has 2 aromatic rings. The largest absolute Gasteiger partial charge is 0.423 e. The van der Waals surface area contributed by atoms with E-state index in [4.69, 9.17) is 15.2 Å². The predicted molar refractivity (Wildman–Crippen MR) is 72.8 cm³/mol. The highest BCUT2D eigenvalue weighted by Crippen LogP contribution is 2.21. The fraction of sp³-hybridized carbons (Fsp3) is 0.0667. The van der Waals surface area contributed by atoms with E-state index in [1.807, 2.05) is 19.1 Å². The van der Waals surface area contributed by atoms with Gasteiger partial charge in [-0.2, -0.15) is 0 Å². The third-order valence-corrected chi connectivity index (χ3v) is 2.55. The van der Waals surface area contributed by atoms with Gasteiger partial charge in [0.15, 0.2) is 0 Å². The van der Waals surface area contributed by atoms with Gasteiger partial charge in [0.1, 0.15) is 17.1 Å². The summed E-state index contributed by atoms with van der Waals surface area (Å²) in [5, 5.41) is 0. The second kappa shape index (κ2) is 5.88. The number of aryl methyl sites for hydroxylation is 1. The molecule has 5 nitrogen and oxygen atoms in total. The molecular formula is C15H13NO4. The number of ether oxygens (including phenoxy) is 2. The number of para-hydroxylation sites is 1. The number of nitrogens with two attached hydrogens (primary N) is 1. The maximum atomic E-state index is 12.0. The summed E-state index contributed by atoms with van der Waals surface area (Å²) in [6.45, 7) is 1.93. The molecular weight excluding hydrogens is 258 g/mol. The lowest BCUT2D eigenvalue weighted by Gasteiger charge is -2.08. The van der Waals surface area contributed by atoms with Crippen LogP contribution in [0.25, 0.3) is 0 Å². The average Bonchev–Trinajstić information content (AvgIpc) is 2.41. The number of carbonyl (C=O) groups excluding carboxylic acids is 2. The van der Waals surface area contributed by atoms with Crippen molar-refractivity contribution in [2.24, 2.45) is 5.73 Å². The van der Waals surface area contributed by atoms with E-state index in [1.54, 1.807) is 24.3 Å². The molecule has 0 saturated heterocycles. The Bertz CT molecular complexity index is 635. The Morgan fingerprint density at radius 2 is 1.60 bits per heavy atom. The first-order valence-electron chi connectivity index (χ1n) is 5.91. The number of hydrogen-bond acceptors (Lipinski definition) is 4. The molecule has 2 rings (SSSR count). The Labute approximate surface area is 115 Å². The van der Waals surface area contributed by atoms with Gasteiger partial charge in [0, 0.05) is 0 Å². The van der Waals surface area contributed by atoms with Crippen molar-refractivity contribution in [3.05, 3.63) is 59.7 Å². The number of carbonyl (C=O) groups is 2. The summed E-state index contributed by atoms with van der Waals surface area (Å²) in [5.41, 5.74) is 6.14. The van der Waals surface area contributed by atoms with E-state index in [2.05, 4.69) is 0 Å². The van der Waals surface area contributed by atoms with Gasteiger partial charge < -0.3 is 15.2 Å². The highest BCUT2D eigenvalue weighted by Gasteiger charge is 2.15. The Hall–Kier alpha value is -2.82. The summed E-state index contributed by atoms with van der Waals surface area (Å²) in [7, 11) is 0. The molecule has 0 aliphatic heterocycles. The average molecular weight is 271 g/mol.